The number of carbonyl (C=O) groups is 2. The van der Waals surface area contributed by atoms with Gasteiger partial charge in [0.15, 0.2) is 12.7 Å². The molecule has 0 aliphatic heterocycles. The number of hydrogen-bond donors (Lipinski definition) is 0. The molecule has 7 nitrogen and oxygen atoms in total. The van der Waals surface area contributed by atoms with Gasteiger partial charge in [-0.25, -0.2) is 9.59 Å². The molecule has 0 N–H and O–H groups in total. The third-order valence-electron chi connectivity index (χ3n) is 3.38. The highest BCUT2D eigenvalue weighted by Crippen LogP contribution is 2.22. The fraction of sp³-hybridized carbons (Fsp3) is 0.353. The van der Waals surface area contributed by atoms with E-state index in [4.69, 9.17) is 13.9 Å². The van der Waals surface area contributed by atoms with E-state index in [1.165, 1.54) is 24.0 Å². The zero-order valence-electron chi connectivity index (χ0n) is 14.0. The van der Waals surface area contributed by atoms with Crippen LogP contribution in [0.25, 0.3) is 11.0 Å². The van der Waals surface area contributed by atoms with Crippen molar-refractivity contribution in [2.45, 2.75) is 20.0 Å². The van der Waals surface area contributed by atoms with Crippen molar-refractivity contribution >= 4 is 22.8 Å². The molecule has 128 valence electrons. The maximum atomic E-state index is 11.7. The Balaban J connectivity index is 2.02. The lowest BCUT2D eigenvalue weighted by Gasteiger charge is -2.17. The van der Waals surface area contributed by atoms with Gasteiger partial charge in [0.2, 0.25) is 0 Å². The van der Waals surface area contributed by atoms with Crippen LogP contribution in [0.3, 0.4) is 0 Å². The third-order valence-corrected chi connectivity index (χ3v) is 3.38. The van der Waals surface area contributed by atoms with Gasteiger partial charge in [-0.1, -0.05) is 0 Å². The first-order valence-corrected chi connectivity index (χ1v) is 7.36. The molecule has 0 radical (unpaired) electrons. The normalized spacial score (nSPS) is 11.8. The zero-order chi connectivity index (χ0) is 17.9. The smallest absolute Gasteiger partial charge is 0.344 e. The van der Waals surface area contributed by atoms with Crippen LogP contribution in [0.2, 0.25) is 0 Å². The average molecular weight is 333 g/mol. The Morgan fingerprint density at radius 2 is 1.96 bits per heavy atom. The molecule has 0 spiro atoms. The number of esters is 1. The van der Waals surface area contributed by atoms with Crippen LogP contribution in [0.1, 0.15) is 12.5 Å². The molecular formula is C17H19NO6. The molecule has 0 aliphatic rings. The summed E-state index contributed by atoms with van der Waals surface area (Å²) < 4.78 is 15.4. The van der Waals surface area contributed by atoms with Crippen molar-refractivity contribution in [3.05, 3.63) is 40.2 Å². The van der Waals surface area contributed by atoms with Crippen LogP contribution < -0.4 is 10.4 Å². The van der Waals surface area contributed by atoms with Gasteiger partial charge in [-0.2, -0.15) is 0 Å². The lowest BCUT2D eigenvalue weighted by molar-refractivity contribution is -0.159. The van der Waals surface area contributed by atoms with Gasteiger partial charge in [-0.3, -0.25) is 4.79 Å². The van der Waals surface area contributed by atoms with Crippen LogP contribution in [0.4, 0.5) is 0 Å². The second-order valence-corrected chi connectivity index (χ2v) is 5.56. The van der Waals surface area contributed by atoms with E-state index < -0.39 is 17.7 Å². The van der Waals surface area contributed by atoms with Crippen molar-refractivity contribution in [1.29, 1.82) is 0 Å². The van der Waals surface area contributed by atoms with E-state index in [-0.39, 0.29) is 12.5 Å². The standard InChI is InChI=1S/C17H19NO6/c1-10-7-15(19)24-14-8-12(5-6-13(10)14)22-9-16(20)23-11(2)17(21)18(3)4/h5-8,11H,9H2,1-4H3/t11-/m1/s1. The largest absolute Gasteiger partial charge is 0.482 e. The second kappa shape index (κ2) is 7.16. The van der Waals surface area contributed by atoms with Crippen LogP contribution in [0.5, 0.6) is 5.75 Å². The third kappa shape index (κ3) is 4.13. The Morgan fingerprint density at radius 1 is 1.25 bits per heavy atom. The van der Waals surface area contributed by atoms with Crippen LogP contribution in [0.15, 0.2) is 33.5 Å². The maximum absolute atomic E-state index is 11.7. The molecule has 1 atom stereocenters. The highest BCUT2D eigenvalue weighted by atomic mass is 16.6. The van der Waals surface area contributed by atoms with Gasteiger partial charge in [0.05, 0.1) is 0 Å². The van der Waals surface area contributed by atoms with Gasteiger partial charge < -0.3 is 18.8 Å². The molecule has 2 aromatic rings. The van der Waals surface area contributed by atoms with E-state index in [1.54, 1.807) is 33.2 Å². The molecule has 0 saturated heterocycles. The van der Waals surface area contributed by atoms with Gasteiger partial charge in [0, 0.05) is 31.6 Å². The Hall–Kier alpha value is -2.83. The van der Waals surface area contributed by atoms with Gasteiger partial charge in [0.1, 0.15) is 11.3 Å². The van der Waals surface area contributed by atoms with Crippen LogP contribution in [-0.2, 0) is 14.3 Å². The highest BCUT2D eigenvalue weighted by molar-refractivity contribution is 5.83. The van der Waals surface area contributed by atoms with E-state index in [9.17, 15) is 14.4 Å². The lowest BCUT2D eigenvalue weighted by Crippen LogP contribution is -2.35. The molecule has 0 fully saturated rings. The van der Waals surface area contributed by atoms with Gasteiger partial charge >= 0.3 is 11.6 Å². The number of aryl methyl sites for hydroxylation is 1. The minimum atomic E-state index is -0.881. The van der Waals surface area contributed by atoms with E-state index in [1.807, 2.05) is 0 Å². The Bertz CT molecular complexity index is 823. The molecule has 1 aromatic carbocycles. The topological polar surface area (TPSA) is 86.0 Å². The van der Waals surface area contributed by atoms with E-state index in [2.05, 4.69) is 0 Å². The Labute approximate surface area is 138 Å². The molecule has 1 heterocycles. The molecule has 1 amide bonds. The van der Waals surface area contributed by atoms with E-state index in [0.29, 0.717) is 11.3 Å². The number of ether oxygens (including phenoxy) is 2. The zero-order valence-corrected chi connectivity index (χ0v) is 14.0. The summed E-state index contributed by atoms with van der Waals surface area (Å²) in [6, 6.07) is 6.35. The van der Waals surface area contributed by atoms with E-state index in [0.717, 1.165) is 10.9 Å². The van der Waals surface area contributed by atoms with Crippen molar-refractivity contribution in [1.82, 2.24) is 4.90 Å². The molecule has 0 saturated carbocycles. The first-order chi connectivity index (χ1) is 11.3. The average Bonchev–Trinajstić information content (AvgIpc) is 2.51. The summed E-state index contributed by atoms with van der Waals surface area (Å²) in [7, 11) is 3.15. The maximum Gasteiger partial charge on any atom is 0.344 e. The number of benzene rings is 1. The van der Waals surface area contributed by atoms with Crippen molar-refractivity contribution in [3.63, 3.8) is 0 Å². The number of hydrogen-bond acceptors (Lipinski definition) is 6. The predicted octanol–water partition coefficient (Wildman–Crippen LogP) is 1.50. The molecular weight excluding hydrogens is 314 g/mol. The molecule has 2 rings (SSSR count). The first kappa shape index (κ1) is 17.5. The Morgan fingerprint density at radius 3 is 2.62 bits per heavy atom. The molecule has 0 aliphatic carbocycles. The minimum Gasteiger partial charge on any atom is -0.482 e. The summed E-state index contributed by atoms with van der Waals surface area (Å²) in [4.78, 5) is 36.1. The summed E-state index contributed by atoms with van der Waals surface area (Å²) in [5.74, 6) is -0.616. The molecule has 0 unspecified atom stereocenters. The number of nitrogens with zero attached hydrogens (tertiary/aromatic N) is 1. The van der Waals surface area contributed by atoms with Crippen molar-refractivity contribution < 1.29 is 23.5 Å². The lowest BCUT2D eigenvalue weighted by atomic mass is 10.1. The summed E-state index contributed by atoms with van der Waals surface area (Å²) in [5, 5.41) is 0.787. The molecule has 1 aromatic heterocycles. The van der Waals surface area contributed by atoms with Crippen molar-refractivity contribution in [2.24, 2.45) is 0 Å². The SMILES string of the molecule is Cc1cc(=O)oc2cc(OCC(=O)O[C@H](C)C(=O)N(C)C)ccc12. The fourth-order valence-electron chi connectivity index (χ4n) is 2.18. The van der Waals surface area contributed by atoms with Crippen molar-refractivity contribution in [2.75, 3.05) is 20.7 Å². The fourth-order valence-corrected chi connectivity index (χ4v) is 2.18. The number of likely N-dealkylation sites (N-methyl/N-ethyl adjacent to an activating group) is 1. The monoisotopic (exact) mass is 333 g/mol. The number of fused-ring (bicyclic) bond motifs is 1. The van der Waals surface area contributed by atoms with Gasteiger partial charge in [0.25, 0.3) is 5.91 Å². The van der Waals surface area contributed by atoms with Crippen LogP contribution in [-0.4, -0.2) is 43.6 Å². The highest BCUT2D eigenvalue weighted by Gasteiger charge is 2.19. The minimum absolute atomic E-state index is 0.314. The second-order valence-electron chi connectivity index (χ2n) is 5.56. The summed E-state index contributed by atoms with van der Waals surface area (Å²) >= 11 is 0. The Kier molecular flexibility index (Phi) is 5.23. The number of carbonyl (C=O) groups excluding carboxylic acids is 2. The number of amides is 1. The van der Waals surface area contributed by atoms with Crippen molar-refractivity contribution in [3.8, 4) is 5.75 Å². The predicted molar refractivity (Wildman–Crippen MR) is 87.0 cm³/mol. The molecule has 0 bridgehead atoms. The van der Waals surface area contributed by atoms with Crippen LogP contribution >= 0.6 is 0 Å². The van der Waals surface area contributed by atoms with E-state index >= 15 is 0 Å². The van der Waals surface area contributed by atoms with Gasteiger partial charge in [-0.15, -0.1) is 0 Å². The summed E-state index contributed by atoms with van der Waals surface area (Å²) in [6.07, 6.45) is -0.881. The molecule has 24 heavy (non-hydrogen) atoms. The molecule has 7 heteroatoms. The van der Waals surface area contributed by atoms with Gasteiger partial charge in [-0.05, 0) is 31.5 Å². The first-order valence-electron chi connectivity index (χ1n) is 7.36. The summed E-state index contributed by atoms with van der Waals surface area (Å²) in [5.41, 5.74) is 0.720. The number of rotatable bonds is 5. The van der Waals surface area contributed by atoms with Crippen LogP contribution in [0, 0.1) is 6.92 Å². The summed E-state index contributed by atoms with van der Waals surface area (Å²) in [6.45, 7) is 2.95. The quantitative estimate of drug-likeness (QED) is 0.609.